The number of anilines is 1. The topological polar surface area (TPSA) is 35.5 Å². The molecule has 3 nitrogen and oxygen atoms in total. The van der Waals surface area contributed by atoms with E-state index in [-0.39, 0.29) is 12.6 Å². The van der Waals surface area contributed by atoms with Crippen LogP contribution in [0.25, 0.3) is 0 Å². The fraction of sp³-hybridized carbons (Fsp3) is 0.571. The van der Waals surface area contributed by atoms with E-state index in [9.17, 15) is 5.11 Å². The molecule has 1 unspecified atom stereocenters. The first-order valence-electron chi connectivity index (χ1n) is 6.56. The standard InChI is InChI=1S/C14H21BrN2O/c1-16-9-11-5-6-12(15)8-14(11)17-7-3-2-4-13(17)10-18/h5-6,8,13,16,18H,2-4,7,9-10H2,1H3. The van der Waals surface area contributed by atoms with E-state index in [2.05, 4.69) is 44.3 Å². The number of rotatable bonds is 4. The Morgan fingerprint density at radius 3 is 3.00 bits per heavy atom. The van der Waals surface area contributed by atoms with Crippen LogP contribution in [0.4, 0.5) is 5.69 Å². The number of benzene rings is 1. The van der Waals surface area contributed by atoms with Crippen molar-refractivity contribution in [1.82, 2.24) is 5.32 Å². The van der Waals surface area contributed by atoms with Gasteiger partial charge in [-0.3, -0.25) is 0 Å². The summed E-state index contributed by atoms with van der Waals surface area (Å²) in [5.74, 6) is 0. The minimum atomic E-state index is 0.242. The lowest BCUT2D eigenvalue weighted by Crippen LogP contribution is -2.42. The zero-order valence-corrected chi connectivity index (χ0v) is 12.4. The van der Waals surface area contributed by atoms with Gasteiger partial charge in [0, 0.05) is 23.2 Å². The number of nitrogens with zero attached hydrogens (tertiary/aromatic N) is 1. The Labute approximate surface area is 117 Å². The molecule has 2 N–H and O–H groups in total. The molecular formula is C14H21BrN2O. The molecule has 0 spiro atoms. The molecule has 1 aromatic rings. The maximum absolute atomic E-state index is 9.54. The van der Waals surface area contributed by atoms with Crippen LogP contribution in [0.2, 0.25) is 0 Å². The van der Waals surface area contributed by atoms with E-state index >= 15 is 0 Å². The van der Waals surface area contributed by atoms with Gasteiger partial charge in [0.25, 0.3) is 0 Å². The number of halogens is 1. The molecule has 0 amide bonds. The van der Waals surface area contributed by atoms with Gasteiger partial charge in [-0.05, 0) is 44.0 Å². The van der Waals surface area contributed by atoms with Gasteiger partial charge in [0.2, 0.25) is 0 Å². The van der Waals surface area contributed by atoms with Crippen LogP contribution in [0.15, 0.2) is 22.7 Å². The lowest BCUT2D eigenvalue weighted by atomic mass is 10.0. The van der Waals surface area contributed by atoms with Gasteiger partial charge in [0.05, 0.1) is 12.6 Å². The average Bonchev–Trinajstić information content (AvgIpc) is 2.41. The molecule has 2 rings (SSSR count). The number of hydrogen-bond donors (Lipinski definition) is 2. The molecule has 100 valence electrons. The third-order valence-electron chi connectivity index (χ3n) is 3.56. The van der Waals surface area contributed by atoms with Crippen LogP contribution in [-0.4, -0.2) is 31.3 Å². The lowest BCUT2D eigenvalue weighted by Gasteiger charge is -2.37. The van der Waals surface area contributed by atoms with Crippen molar-refractivity contribution in [3.05, 3.63) is 28.2 Å². The first kappa shape index (κ1) is 13.8. The van der Waals surface area contributed by atoms with Crippen LogP contribution in [0, 0.1) is 0 Å². The molecule has 0 bridgehead atoms. The molecule has 1 fully saturated rings. The lowest BCUT2D eigenvalue weighted by molar-refractivity contribution is 0.240. The van der Waals surface area contributed by atoms with E-state index in [1.54, 1.807) is 0 Å². The Morgan fingerprint density at radius 1 is 1.44 bits per heavy atom. The molecule has 0 aliphatic carbocycles. The van der Waals surface area contributed by atoms with Crippen molar-refractivity contribution < 1.29 is 5.11 Å². The highest BCUT2D eigenvalue weighted by Crippen LogP contribution is 2.30. The highest BCUT2D eigenvalue weighted by Gasteiger charge is 2.23. The largest absolute Gasteiger partial charge is 0.394 e. The first-order chi connectivity index (χ1) is 8.76. The molecule has 18 heavy (non-hydrogen) atoms. The second kappa shape index (κ2) is 6.55. The van der Waals surface area contributed by atoms with Gasteiger partial charge in [-0.1, -0.05) is 22.0 Å². The third kappa shape index (κ3) is 3.05. The first-order valence-corrected chi connectivity index (χ1v) is 7.36. The average molecular weight is 313 g/mol. The van der Waals surface area contributed by atoms with E-state index < -0.39 is 0 Å². The maximum Gasteiger partial charge on any atom is 0.0635 e. The Hall–Kier alpha value is -0.580. The molecule has 1 aliphatic heterocycles. The Kier molecular flexibility index (Phi) is 5.03. The smallest absolute Gasteiger partial charge is 0.0635 e. The Morgan fingerprint density at radius 2 is 2.28 bits per heavy atom. The number of nitrogens with one attached hydrogen (secondary N) is 1. The van der Waals surface area contributed by atoms with E-state index in [1.165, 1.54) is 24.1 Å². The van der Waals surface area contributed by atoms with Crippen molar-refractivity contribution in [3.63, 3.8) is 0 Å². The number of aliphatic hydroxyl groups is 1. The van der Waals surface area contributed by atoms with Crippen LogP contribution in [0.3, 0.4) is 0 Å². The third-order valence-corrected chi connectivity index (χ3v) is 4.06. The molecule has 4 heteroatoms. The quantitative estimate of drug-likeness (QED) is 0.897. The molecule has 1 heterocycles. The minimum Gasteiger partial charge on any atom is -0.394 e. The number of piperidine rings is 1. The monoisotopic (exact) mass is 312 g/mol. The van der Waals surface area contributed by atoms with E-state index in [0.717, 1.165) is 24.0 Å². The van der Waals surface area contributed by atoms with Crippen molar-refractivity contribution in [1.29, 1.82) is 0 Å². The van der Waals surface area contributed by atoms with E-state index in [1.807, 2.05) is 7.05 Å². The van der Waals surface area contributed by atoms with Gasteiger partial charge in [-0.2, -0.15) is 0 Å². The van der Waals surface area contributed by atoms with Gasteiger partial charge in [-0.25, -0.2) is 0 Å². The number of aliphatic hydroxyl groups excluding tert-OH is 1. The maximum atomic E-state index is 9.54. The fourth-order valence-corrected chi connectivity index (χ4v) is 3.00. The molecule has 1 aromatic carbocycles. The van der Waals surface area contributed by atoms with Crippen LogP contribution >= 0.6 is 15.9 Å². The molecule has 1 aliphatic rings. The Balaban J connectivity index is 2.31. The van der Waals surface area contributed by atoms with E-state index in [4.69, 9.17) is 0 Å². The van der Waals surface area contributed by atoms with E-state index in [0.29, 0.717) is 0 Å². The summed E-state index contributed by atoms with van der Waals surface area (Å²) >= 11 is 3.55. The molecule has 1 saturated heterocycles. The van der Waals surface area contributed by atoms with Crippen molar-refractivity contribution in [2.45, 2.75) is 31.8 Å². The summed E-state index contributed by atoms with van der Waals surface area (Å²) in [4.78, 5) is 2.36. The zero-order valence-electron chi connectivity index (χ0n) is 10.8. The highest BCUT2D eigenvalue weighted by atomic mass is 79.9. The second-order valence-corrected chi connectivity index (χ2v) is 5.74. The molecule has 0 aromatic heterocycles. The summed E-state index contributed by atoms with van der Waals surface area (Å²) in [7, 11) is 1.96. The predicted octanol–water partition coefficient (Wildman–Crippen LogP) is 2.52. The minimum absolute atomic E-state index is 0.242. The normalized spacial score (nSPS) is 20.2. The zero-order chi connectivity index (χ0) is 13.0. The van der Waals surface area contributed by atoms with Gasteiger partial charge in [0.15, 0.2) is 0 Å². The van der Waals surface area contributed by atoms with Gasteiger partial charge < -0.3 is 15.3 Å². The van der Waals surface area contributed by atoms with Gasteiger partial charge in [0.1, 0.15) is 0 Å². The molecule has 1 atom stereocenters. The SMILES string of the molecule is CNCc1ccc(Br)cc1N1CCCCC1CO. The summed E-state index contributed by atoms with van der Waals surface area (Å²) in [5, 5.41) is 12.8. The van der Waals surface area contributed by atoms with Crippen molar-refractivity contribution in [2.75, 3.05) is 25.1 Å². The summed E-state index contributed by atoms with van der Waals surface area (Å²) in [6, 6.07) is 6.66. The molecule has 0 saturated carbocycles. The van der Waals surface area contributed by atoms with Crippen LogP contribution in [-0.2, 0) is 6.54 Å². The Bertz CT molecular complexity index is 397. The summed E-state index contributed by atoms with van der Waals surface area (Å²) in [5.41, 5.74) is 2.54. The van der Waals surface area contributed by atoms with Gasteiger partial charge >= 0.3 is 0 Å². The summed E-state index contributed by atoms with van der Waals surface area (Å²) in [6.45, 7) is 2.14. The van der Waals surface area contributed by atoms with Crippen molar-refractivity contribution in [3.8, 4) is 0 Å². The van der Waals surface area contributed by atoms with Crippen molar-refractivity contribution >= 4 is 21.6 Å². The second-order valence-electron chi connectivity index (χ2n) is 4.83. The fourth-order valence-electron chi connectivity index (χ4n) is 2.65. The van der Waals surface area contributed by atoms with Crippen molar-refractivity contribution in [2.24, 2.45) is 0 Å². The van der Waals surface area contributed by atoms with Crippen LogP contribution in [0.1, 0.15) is 24.8 Å². The number of hydrogen-bond acceptors (Lipinski definition) is 3. The highest BCUT2D eigenvalue weighted by molar-refractivity contribution is 9.10. The summed E-state index contributed by atoms with van der Waals surface area (Å²) in [6.07, 6.45) is 3.51. The van der Waals surface area contributed by atoms with Crippen LogP contribution < -0.4 is 10.2 Å². The predicted molar refractivity (Wildman–Crippen MR) is 79.0 cm³/mol. The van der Waals surface area contributed by atoms with Gasteiger partial charge in [-0.15, -0.1) is 0 Å². The molecular weight excluding hydrogens is 292 g/mol. The summed E-state index contributed by atoms with van der Waals surface area (Å²) < 4.78 is 1.10. The van der Waals surface area contributed by atoms with Crippen LogP contribution in [0.5, 0.6) is 0 Å². The molecule has 0 radical (unpaired) electrons.